The largest absolute Gasteiger partial charge is 0.508 e. The van der Waals surface area contributed by atoms with Gasteiger partial charge in [0.1, 0.15) is 5.52 Å². The predicted molar refractivity (Wildman–Crippen MR) is 53.4 cm³/mol. The Morgan fingerprint density at radius 3 is 2.75 bits per heavy atom. The van der Waals surface area contributed by atoms with Crippen molar-refractivity contribution in [1.29, 1.82) is 0 Å². The minimum Gasteiger partial charge on any atom is -0.422 e. The first kappa shape index (κ1) is 11.0. The highest BCUT2D eigenvalue weighted by atomic mass is 19.3. The summed E-state index contributed by atoms with van der Waals surface area (Å²) in [6.07, 6.45) is -1.26. The van der Waals surface area contributed by atoms with Crippen LogP contribution in [-0.4, -0.2) is 38.1 Å². The van der Waals surface area contributed by atoms with Gasteiger partial charge >= 0.3 is 7.12 Å². The molecule has 2 rings (SSSR count). The second-order valence-electron chi connectivity index (χ2n) is 3.24. The Morgan fingerprint density at radius 2 is 2.12 bits per heavy atom. The third-order valence-corrected chi connectivity index (χ3v) is 2.08. The van der Waals surface area contributed by atoms with E-state index in [0.717, 1.165) is 0 Å². The fourth-order valence-electron chi connectivity index (χ4n) is 1.38. The van der Waals surface area contributed by atoms with Crippen molar-refractivity contribution in [3.63, 3.8) is 0 Å². The second-order valence-corrected chi connectivity index (χ2v) is 3.24. The Bertz CT molecular complexity index is 503. The van der Waals surface area contributed by atoms with E-state index in [1.165, 1.54) is 23.0 Å². The summed E-state index contributed by atoms with van der Waals surface area (Å²) in [7, 11) is -1.72. The van der Waals surface area contributed by atoms with E-state index in [0.29, 0.717) is 5.52 Å². The monoisotopic (exact) mass is 227 g/mol. The summed E-state index contributed by atoms with van der Waals surface area (Å²) >= 11 is 0. The Balaban J connectivity index is 2.47. The molecule has 0 aliphatic rings. The number of hydrogen-bond donors (Lipinski definition) is 2. The average molecular weight is 227 g/mol. The molecule has 0 saturated carbocycles. The van der Waals surface area contributed by atoms with Crippen molar-refractivity contribution in [2.24, 2.45) is 0 Å². The van der Waals surface area contributed by atoms with Gasteiger partial charge in [0, 0.05) is 0 Å². The van der Waals surface area contributed by atoms with Crippen molar-refractivity contribution in [3.8, 4) is 0 Å². The van der Waals surface area contributed by atoms with Gasteiger partial charge in [-0.3, -0.25) is 0 Å². The molecule has 16 heavy (non-hydrogen) atoms. The lowest BCUT2D eigenvalue weighted by atomic mass is 9.86. The molecule has 8 heteroatoms. The van der Waals surface area contributed by atoms with Crippen LogP contribution < -0.4 is 5.59 Å². The van der Waals surface area contributed by atoms with Gasteiger partial charge in [0.15, 0.2) is 5.65 Å². The molecule has 2 heterocycles. The van der Waals surface area contributed by atoms with Crippen LogP contribution in [0.4, 0.5) is 8.78 Å². The molecule has 0 spiro atoms. The summed E-state index contributed by atoms with van der Waals surface area (Å²) in [4.78, 5) is 7.73. The van der Waals surface area contributed by atoms with E-state index < -0.39 is 20.1 Å². The van der Waals surface area contributed by atoms with Crippen LogP contribution in [0.25, 0.3) is 11.2 Å². The molecule has 0 saturated heterocycles. The number of hydrogen-bond acceptors (Lipinski definition) is 4. The molecule has 2 aromatic rings. The Morgan fingerprint density at radius 1 is 1.38 bits per heavy atom. The summed E-state index contributed by atoms with van der Waals surface area (Å²) in [5.74, 6) is 0. The van der Waals surface area contributed by atoms with Gasteiger partial charge in [-0.1, -0.05) is 0 Å². The molecule has 5 nitrogen and oxygen atoms in total. The van der Waals surface area contributed by atoms with Crippen LogP contribution in [0, 0.1) is 0 Å². The summed E-state index contributed by atoms with van der Waals surface area (Å²) in [5.41, 5.74) is 0.652. The molecule has 0 amide bonds. The molecule has 2 N–H and O–H groups in total. The molecule has 84 valence electrons. The van der Waals surface area contributed by atoms with Crippen LogP contribution in [0.3, 0.4) is 0 Å². The summed E-state index contributed by atoms with van der Waals surface area (Å²) in [5, 5.41) is 17.8. The van der Waals surface area contributed by atoms with Crippen LogP contribution >= 0.6 is 0 Å². The highest BCUT2D eigenvalue weighted by Gasteiger charge is 2.16. The van der Waals surface area contributed by atoms with Gasteiger partial charge in [-0.2, -0.15) is 0 Å². The van der Waals surface area contributed by atoms with E-state index in [1.807, 2.05) is 0 Å². The molecule has 0 aliphatic heterocycles. The number of aromatic nitrogens is 3. The summed E-state index contributed by atoms with van der Waals surface area (Å²) < 4.78 is 25.6. The predicted octanol–water partition coefficient (Wildman–Crippen LogP) is -0.624. The van der Waals surface area contributed by atoms with Crippen LogP contribution in [0.15, 0.2) is 18.5 Å². The quantitative estimate of drug-likeness (QED) is 0.685. The molecule has 0 bridgehead atoms. The van der Waals surface area contributed by atoms with Crippen molar-refractivity contribution < 1.29 is 18.8 Å². The van der Waals surface area contributed by atoms with E-state index in [9.17, 15) is 8.78 Å². The van der Waals surface area contributed by atoms with Crippen LogP contribution in [0.1, 0.15) is 0 Å². The Kier molecular flexibility index (Phi) is 2.84. The van der Waals surface area contributed by atoms with E-state index in [-0.39, 0.29) is 11.2 Å². The zero-order valence-electron chi connectivity index (χ0n) is 8.09. The third kappa shape index (κ3) is 2.02. The highest BCUT2D eigenvalue weighted by Crippen LogP contribution is 2.10. The van der Waals surface area contributed by atoms with E-state index in [2.05, 4.69) is 9.97 Å². The normalized spacial score (nSPS) is 11.3. The van der Waals surface area contributed by atoms with Crippen LogP contribution in [0.5, 0.6) is 0 Å². The zero-order valence-corrected chi connectivity index (χ0v) is 8.09. The van der Waals surface area contributed by atoms with Gasteiger partial charge in [0.2, 0.25) is 0 Å². The maximum absolute atomic E-state index is 12.2. The van der Waals surface area contributed by atoms with Gasteiger partial charge in [-0.25, -0.2) is 18.7 Å². The first-order valence-electron chi connectivity index (χ1n) is 4.54. The molecule has 0 unspecified atom stereocenters. The summed E-state index contributed by atoms with van der Waals surface area (Å²) in [6, 6.07) is 2.88. The molecular weight excluding hydrogens is 219 g/mol. The van der Waals surface area contributed by atoms with Gasteiger partial charge in [-0.05, 0) is 12.1 Å². The number of nitrogens with zero attached hydrogens (tertiary/aromatic N) is 3. The van der Waals surface area contributed by atoms with Crippen molar-refractivity contribution in [3.05, 3.63) is 18.5 Å². The fraction of sp³-hybridized carbons (Fsp3) is 0.250. The minimum atomic E-state index is -2.51. The number of halogens is 2. The van der Waals surface area contributed by atoms with E-state index in [4.69, 9.17) is 10.0 Å². The lowest BCUT2D eigenvalue weighted by Gasteiger charge is -2.03. The second kappa shape index (κ2) is 4.15. The minimum absolute atomic E-state index is 0.00326. The number of alkyl halides is 2. The van der Waals surface area contributed by atoms with E-state index >= 15 is 0 Å². The van der Waals surface area contributed by atoms with Crippen molar-refractivity contribution in [1.82, 2.24) is 14.5 Å². The molecule has 0 aliphatic carbocycles. The maximum Gasteiger partial charge on any atom is 0.508 e. The van der Waals surface area contributed by atoms with E-state index in [1.54, 1.807) is 0 Å². The van der Waals surface area contributed by atoms with Crippen LogP contribution in [0.2, 0.25) is 0 Å². The Hall–Kier alpha value is -1.54. The van der Waals surface area contributed by atoms with Crippen molar-refractivity contribution in [2.45, 2.75) is 13.0 Å². The number of pyridine rings is 1. The first-order chi connectivity index (χ1) is 7.58. The average Bonchev–Trinajstić information content (AvgIpc) is 2.60. The lowest BCUT2D eigenvalue weighted by molar-refractivity contribution is 0.128. The Labute approximate surface area is 89.5 Å². The molecule has 2 aromatic heterocycles. The van der Waals surface area contributed by atoms with Gasteiger partial charge in [0.05, 0.1) is 18.5 Å². The van der Waals surface area contributed by atoms with Gasteiger partial charge < -0.3 is 14.6 Å². The molecule has 0 fully saturated rings. The topological polar surface area (TPSA) is 71.2 Å². The lowest BCUT2D eigenvalue weighted by Crippen LogP contribution is -2.32. The number of fused-ring (bicyclic) bond motifs is 1. The third-order valence-electron chi connectivity index (χ3n) is 2.08. The number of imidazole rings is 1. The number of rotatable bonds is 3. The molecule has 0 aromatic carbocycles. The van der Waals surface area contributed by atoms with Crippen molar-refractivity contribution in [2.75, 3.05) is 0 Å². The maximum atomic E-state index is 12.2. The van der Waals surface area contributed by atoms with Crippen molar-refractivity contribution >= 4 is 23.9 Å². The van der Waals surface area contributed by atoms with Gasteiger partial charge in [-0.15, -0.1) is 0 Å². The molecule has 0 atom stereocenters. The first-order valence-corrected chi connectivity index (χ1v) is 4.54. The SMILES string of the molecule is OB(O)c1ccc2ncn(CC(F)F)c2n1. The smallest absolute Gasteiger partial charge is 0.422 e. The molecule has 0 radical (unpaired) electrons. The standard InChI is InChI=1S/C8H8BF2N3O2/c10-7(11)3-14-4-12-5-1-2-6(9(15)16)13-8(5)14/h1-2,4,7,15-16H,3H2. The zero-order chi connectivity index (χ0) is 11.7. The molecular formula is C8H8BF2N3O2. The van der Waals surface area contributed by atoms with Crippen LogP contribution in [-0.2, 0) is 6.54 Å². The fourth-order valence-corrected chi connectivity index (χ4v) is 1.38. The summed E-state index contributed by atoms with van der Waals surface area (Å²) in [6.45, 7) is -0.519. The van der Waals surface area contributed by atoms with Gasteiger partial charge in [0.25, 0.3) is 6.43 Å². The highest BCUT2D eigenvalue weighted by molar-refractivity contribution is 6.57.